The number of carbonyl (C=O) groups excluding carboxylic acids is 1. The number of β-amino-alcohol motifs (C(OH)–C–C–N with tert-alkyl or cyclic N) is 1. The maximum atomic E-state index is 14.1. The number of aliphatic hydroxyl groups excluding tert-OH is 1. The van der Waals surface area contributed by atoms with Gasteiger partial charge in [0, 0.05) is 12.1 Å². The van der Waals surface area contributed by atoms with E-state index in [4.69, 9.17) is 0 Å². The zero-order chi connectivity index (χ0) is 16.6. The van der Waals surface area contributed by atoms with Gasteiger partial charge in [-0.2, -0.15) is 11.3 Å². The van der Waals surface area contributed by atoms with Crippen LogP contribution in [-0.4, -0.2) is 28.6 Å². The number of carbonyl (C=O) groups is 1. The third-order valence-corrected chi connectivity index (χ3v) is 4.99. The van der Waals surface area contributed by atoms with E-state index in [0.717, 1.165) is 23.8 Å². The second kappa shape index (κ2) is 6.37. The lowest BCUT2D eigenvalue weighted by molar-refractivity contribution is -0.133. The Hall–Kier alpha value is -1.79. The number of thiophene rings is 1. The number of nitrogens with zero attached hydrogens (tertiary/aromatic N) is 1. The molecule has 3 rings (SSSR count). The third kappa shape index (κ3) is 3.14. The molecule has 0 spiro atoms. The summed E-state index contributed by atoms with van der Waals surface area (Å²) in [4.78, 5) is 14.2. The first-order chi connectivity index (χ1) is 11.0. The van der Waals surface area contributed by atoms with Crippen LogP contribution >= 0.6 is 11.3 Å². The van der Waals surface area contributed by atoms with Crippen LogP contribution in [0.15, 0.2) is 35.0 Å². The van der Waals surface area contributed by atoms with Crippen LogP contribution in [0.3, 0.4) is 0 Å². The molecule has 122 valence electrons. The van der Waals surface area contributed by atoms with E-state index in [1.807, 2.05) is 16.8 Å². The van der Waals surface area contributed by atoms with Crippen molar-refractivity contribution in [1.82, 2.24) is 4.90 Å². The topological polar surface area (TPSA) is 40.5 Å². The highest BCUT2D eigenvalue weighted by Crippen LogP contribution is 2.36. The molecule has 1 saturated heterocycles. The Bertz CT molecular complexity index is 705. The lowest BCUT2D eigenvalue weighted by Crippen LogP contribution is -2.35. The number of hydrogen-bond donors (Lipinski definition) is 1. The molecule has 1 amide bonds. The predicted octanol–water partition coefficient (Wildman–Crippen LogP) is 3.46. The Kier molecular flexibility index (Phi) is 4.46. The first-order valence-electron chi connectivity index (χ1n) is 7.43. The van der Waals surface area contributed by atoms with Crippen LogP contribution < -0.4 is 0 Å². The van der Waals surface area contributed by atoms with Gasteiger partial charge >= 0.3 is 0 Å². The Balaban J connectivity index is 1.90. The van der Waals surface area contributed by atoms with E-state index in [1.54, 1.807) is 6.92 Å². The molecule has 3 nitrogen and oxygen atoms in total. The molecule has 1 fully saturated rings. The average molecular weight is 337 g/mol. The molecular weight excluding hydrogens is 320 g/mol. The Morgan fingerprint density at radius 1 is 1.39 bits per heavy atom. The van der Waals surface area contributed by atoms with Crippen molar-refractivity contribution in [3.05, 3.63) is 57.8 Å². The van der Waals surface area contributed by atoms with Crippen LogP contribution in [-0.2, 0) is 4.79 Å². The monoisotopic (exact) mass is 337 g/mol. The molecule has 0 saturated carbocycles. The summed E-state index contributed by atoms with van der Waals surface area (Å²) in [6.45, 7) is 1.92. The van der Waals surface area contributed by atoms with Crippen molar-refractivity contribution in [3.63, 3.8) is 0 Å². The molecule has 3 unspecified atom stereocenters. The fraction of sp³-hybridized carbons (Fsp3) is 0.353. The minimum atomic E-state index is -0.735. The second-order valence-electron chi connectivity index (χ2n) is 5.84. The predicted molar refractivity (Wildman–Crippen MR) is 84.2 cm³/mol. The molecule has 3 atom stereocenters. The molecule has 6 heteroatoms. The molecular formula is C17H17F2NO2S. The number of likely N-dealkylation sites (tertiary alicyclic amines) is 1. The van der Waals surface area contributed by atoms with Gasteiger partial charge in [0.25, 0.3) is 0 Å². The molecule has 0 radical (unpaired) electrons. The molecule has 0 aliphatic carbocycles. The minimum absolute atomic E-state index is 0.118. The summed E-state index contributed by atoms with van der Waals surface area (Å²) in [6.07, 6.45) is -0.524. The molecule has 1 aromatic heterocycles. The maximum absolute atomic E-state index is 14.1. The number of benzene rings is 1. The normalized spacial score (nSPS) is 22.3. The average Bonchev–Trinajstić information content (AvgIpc) is 3.17. The summed E-state index contributed by atoms with van der Waals surface area (Å²) < 4.78 is 27.6. The molecule has 1 aromatic carbocycles. The minimum Gasteiger partial charge on any atom is -0.391 e. The van der Waals surface area contributed by atoms with E-state index in [0.29, 0.717) is 0 Å². The Labute approximate surface area is 137 Å². The van der Waals surface area contributed by atoms with Crippen LogP contribution in [0.1, 0.15) is 36.4 Å². The van der Waals surface area contributed by atoms with Gasteiger partial charge in [-0.3, -0.25) is 4.79 Å². The van der Waals surface area contributed by atoms with Crippen molar-refractivity contribution >= 4 is 17.2 Å². The van der Waals surface area contributed by atoms with Crippen LogP contribution in [0.25, 0.3) is 0 Å². The van der Waals surface area contributed by atoms with Crippen LogP contribution in [0.5, 0.6) is 0 Å². The number of hydrogen-bond acceptors (Lipinski definition) is 3. The molecule has 0 bridgehead atoms. The van der Waals surface area contributed by atoms with E-state index < -0.39 is 23.8 Å². The van der Waals surface area contributed by atoms with Crippen LogP contribution in [0.2, 0.25) is 0 Å². The molecule has 23 heavy (non-hydrogen) atoms. The first-order valence-corrected chi connectivity index (χ1v) is 8.37. The van der Waals surface area contributed by atoms with E-state index in [1.165, 1.54) is 16.2 Å². The lowest BCUT2D eigenvalue weighted by atomic mass is 9.99. The van der Waals surface area contributed by atoms with E-state index >= 15 is 0 Å². The summed E-state index contributed by atoms with van der Waals surface area (Å²) in [5, 5.41) is 13.7. The van der Waals surface area contributed by atoms with E-state index in [2.05, 4.69) is 0 Å². The van der Waals surface area contributed by atoms with Gasteiger partial charge in [0.05, 0.1) is 18.1 Å². The SMILES string of the molecule is CC(C(=O)N1CC(O)CC1c1cc(F)ccc1F)c1ccsc1. The molecule has 1 aliphatic rings. The smallest absolute Gasteiger partial charge is 0.230 e. The summed E-state index contributed by atoms with van der Waals surface area (Å²) >= 11 is 1.50. The highest BCUT2D eigenvalue weighted by molar-refractivity contribution is 7.08. The van der Waals surface area contributed by atoms with Gasteiger partial charge in [0.2, 0.25) is 5.91 Å². The standard InChI is InChI=1S/C17H17F2NO2S/c1-10(11-4-5-23-9-11)17(22)20-8-13(21)7-16(20)14-6-12(18)2-3-15(14)19/h2-6,9-10,13,16,21H,7-8H2,1H3. The summed E-state index contributed by atoms with van der Waals surface area (Å²) in [6, 6.07) is 4.43. The fourth-order valence-electron chi connectivity index (χ4n) is 3.03. The lowest BCUT2D eigenvalue weighted by Gasteiger charge is -2.27. The van der Waals surface area contributed by atoms with Crippen molar-refractivity contribution in [2.45, 2.75) is 31.4 Å². The van der Waals surface area contributed by atoms with Crippen LogP contribution in [0, 0.1) is 11.6 Å². The van der Waals surface area contributed by atoms with Gasteiger partial charge in [-0.05, 0) is 53.9 Å². The van der Waals surface area contributed by atoms with Crippen LogP contribution in [0.4, 0.5) is 8.78 Å². The molecule has 1 N–H and O–H groups in total. The Morgan fingerprint density at radius 2 is 2.17 bits per heavy atom. The highest BCUT2D eigenvalue weighted by atomic mass is 32.1. The van der Waals surface area contributed by atoms with Gasteiger partial charge in [-0.1, -0.05) is 0 Å². The summed E-state index contributed by atoms with van der Waals surface area (Å²) in [5.74, 6) is -1.69. The third-order valence-electron chi connectivity index (χ3n) is 4.29. The summed E-state index contributed by atoms with van der Waals surface area (Å²) in [5.41, 5.74) is 1.01. The molecule has 2 heterocycles. The second-order valence-corrected chi connectivity index (χ2v) is 6.62. The largest absolute Gasteiger partial charge is 0.391 e. The zero-order valence-electron chi connectivity index (χ0n) is 12.6. The Morgan fingerprint density at radius 3 is 2.87 bits per heavy atom. The van der Waals surface area contributed by atoms with Gasteiger partial charge in [-0.15, -0.1) is 0 Å². The summed E-state index contributed by atoms with van der Waals surface area (Å²) in [7, 11) is 0. The zero-order valence-corrected chi connectivity index (χ0v) is 13.4. The number of rotatable bonds is 3. The van der Waals surface area contributed by atoms with Gasteiger partial charge in [0.15, 0.2) is 0 Å². The first kappa shape index (κ1) is 16.1. The number of amides is 1. The van der Waals surface area contributed by atoms with Crippen molar-refractivity contribution in [2.24, 2.45) is 0 Å². The van der Waals surface area contributed by atoms with Gasteiger partial charge in [-0.25, -0.2) is 8.78 Å². The quantitative estimate of drug-likeness (QED) is 0.932. The molecule has 1 aliphatic heterocycles. The van der Waals surface area contributed by atoms with Crippen molar-refractivity contribution in [3.8, 4) is 0 Å². The van der Waals surface area contributed by atoms with E-state index in [9.17, 15) is 18.7 Å². The number of halogens is 2. The van der Waals surface area contributed by atoms with Gasteiger partial charge < -0.3 is 10.0 Å². The fourth-order valence-corrected chi connectivity index (χ4v) is 3.79. The van der Waals surface area contributed by atoms with Crippen molar-refractivity contribution in [2.75, 3.05) is 6.54 Å². The highest BCUT2D eigenvalue weighted by Gasteiger charge is 2.38. The van der Waals surface area contributed by atoms with Gasteiger partial charge in [0.1, 0.15) is 11.6 Å². The maximum Gasteiger partial charge on any atom is 0.230 e. The number of aliphatic hydroxyl groups is 1. The van der Waals surface area contributed by atoms with E-state index in [-0.39, 0.29) is 30.4 Å². The van der Waals surface area contributed by atoms with Crippen molar-refractivity contribution in [1.29, 1.82) is 0 Å². The molecule has 2 aromatic rings. The van der Waals surface area contributed by atoms with Crippen molar-refractivity contribution < 1.29 is 18.7 Å².